The topological polar surface area (TPSA) is 72.2 Å². The van der Waals surface area contributed by atoms with Crippen molar-refractivity contribution in [3.63, 3.8) is 0 Å². The number of nitrogens with one attached hydrogen (secondary N) is 1. The molecule has 0 aromatic rings. The summed E-state index contributed by atoms with van der Waals surface area (Å²) < 4.78 is 25.7. The molecule has 0 heterocycles. The predicted molar refractivity (Wildman–Crippen MR) is 68.7 cm³/mol. The molecule has 0 fully saturated rings. The van der Waals surface area contributed by atoms with Gasteiger partial charge >= 0.3 is 0 Å². The molecule has 0 rings (SSSR count). The average Bonchev–Trinajstić information content (AvgIpc) is 2.21. The highest BCUT2D eigenvalue weighted by Gasteiger charge is 2.10. The normalized spacial score (nSPS) is 14.3. The Morgan fingerprint density at radius 3 is 2.31 bits per heavy atom. The molecule has 4 nitrogen and oxygen atoms in total. The Morgan fingerprint density at radius 2 is 1.81 bits per heavy atom. The van der Waals surface area contributed by atoms with Crippen LogP contribution in [-0.4, -0.2) is 27.3 Å². The Balaban J connectivity index is 3.66. The maximum atomic E-state index is 11.5. The Labute approximate surface area is 100 Å². The van der Waals surface area contributed by atoms with E-state index in [9.17, 15) is 8.42 Å². The van der Waals surface area contributed by atoms with Gasteiger partial charge in [0.2, 0.25) is 10.0 Å². The second kappa shape index (κ2) is 8.03. The highest BCUT2D eigenvalue weighted by molar-refractivity contribution is 7.89. The lowest BCUT2D eigenvalue weighted by molar-refractivity contribution is 0.511. The van der Waals surface area contributed by atoms with E-state index in [1.54, 1.807) is 0 Å². The van der Waals surface area contributed by atoms with Crippen LogP contribution in [0.15, 0.2) is 0 Å². The van der Waals surface area contributed by atoms with E-state index in [0.29, 0.717) is 31.3 Å². The summed E-state index contributed by atoms with van der Waals surface area (Å²) in [6.07, 6.45) is 2.55. The fourth-order valence-electron chi connectivity index (χ4n) is 1.26. The smallest absolute Gasteiger partial charge is 0.211 e. The second-order valence-corrected chi connectivity index (χ2v) is 6.81. The van der Waals surface area contributed by atoms with Crippen molar-refractivity contribution in [3.8, 4) is 0 Å². The van der Waals surface area contributed by atoms with Crippen LogP contribution in [0.3, 0.4) is 0 Å². The summed E-state index contributed by atoms with van der Waals surface area (Å²) in [5, 5.41) is 0. The zero-order valence-corrected chi connectivity index (χ0v) is 11.5. The van der Waals surface area contributed by atoms with E-state index in [1.807, 2.05) is 13.8 Å². The molecule has 1 unspecified atom stereocenters. The SMILES string of the molecule is CC(C)CCS(=O)(=O)NCCCC(C)CN. The zero-order chi connectivity index (χ0) is 12.6. The monoisotopic (exact) mass is 250 g/mol. The number of rotatable bonds is 9. The maximum absolute atomic E-state index is 11.5. The Bertz CT molecular complexity index is 263. The van der Waals surface area contributed by atoms with Crippen LogP contribution in [0.1, 0.15) is 40.0 Å². The minimum Gasteiger partial charge on any atom is -0.330 e. The van der Waals surface area contributed by atoms with Crippen molar-refractivity contribution in [1.82, 2.24) is 4.72 Å². The predicted octanol–water partition coefficient (Wildman–Crippen LogP) is 1.33. The first-order valence-electron chi connectivity index (χ1n) is 6.04. The van der Waals surface area contributed by atoms with Crippen molar-refractivity contribution in [2.45, 2.75) is 40.0 Å². The van der Waals surface area contributed by atoms with Crippen molar-refractivity contribution < 1.29 is 8.42 Å². The minimum atomic E-state index is -3.06. The van der Waals surface area contributed by atoms with Gasteiger partial charge < -0.3 is 5.73 Å². The minimum absolute atomic E-state index is 0.233. The molecule has 0 radical (unpaired) electrons. The molecule has 0 amide bonds. The van der Waals surface area contributed by atoms with Crippen LogP contribution in [0, 0.1) is 11.8 Å². The number of hydrogen-bond donors (Lipinski definition) is 2. The van der Waals surface area contributed by atoms with Crippen LogP contribution in [0.2, 0.25) is 0 Å². The van der Waals surface area contributed by atoms with Gasteiger partial charge in [0.15, 0.2) is 0 Å². The number of sulfonamides is 1. The van der Waals surface area contributed by atoms with Gasteiger partial charge in [0.25, 0.3) is 0 Å². The molecule has 0 aliphatic rings. The first kappa shape index (κ1) is 15.9. The highest BCUT2D eigenvalue weighted by Crippen LogP contribution is 2.04. The molecule has 1 atom stereocenters. The summed E-state index contributed by atoms with van der Waals surface area (Å²) in [4.78, 5) is 0. The molecule has 0 saturated carbocycles. The van der Waals surface area contributed by atoms with Gasteiger partial charge in [-0.15, -0.1) is 0 Å². The fraction of sp³-hybridized carbons (Fsp3) is 1.00. The van der Waals surface area contributed by atoms with Crippen molar-refractivity contribution in [2.24, 2.45) is 17.6 Å². The van der Waals surface area contributed by atoms with Gasteiger partial charge in [-0.25, -0.2) is 13.1 Å². The summed E-state index contributed by atoms with van der Waals surface area (Å²) in [5.41, 5.74) is 5.48. The van der Waals surface area contributed by atoms with E-state index in [4.69, 9.17) is 5.73 Å². The maximum Gasteiger partial charge on any atom is 0.211 e. The van der Waals surface area contributed by atoms with E-state index in [0.717, 1.165) is 12.8 Å². The van der Waals surface area contributed by atoms with Gasteiger partial charge in [0, 0.05) is 6.54 Å². The third-order valence-electron chi connectivity index (χ3n) is 2.56. The van der Waals surface area contributed by atoms with Crippen LogP contribution in [-0.2, 0) is 10.0 Å². The van der Waals surface area contributed by atoms with E-state index in [2.05, 4.69) is 11.6 Å². The van der Waals surface area contributed by atoms with Crippen molar-refractivity contribution in [1.29, 1.82) is 0 Å². The standard InChI is InChI=1S/C11H26N2O2S/c1-10(2)6-8-16(14,15)13-7-4-5-11(3)9-12/h10-11,13H,4-9,12H2,1-3H3. The molecular formula is C11H26N2O2S. The molecule has 98 valence electrons. The molecule has 16 heavy (non-hydrogen) atoms. The third kappa shape index (κ3) is 9.12. The molecule has 3 N–H and O–H groups in total. The molecule has 0 aromatic heterocycles. The zero-order valence-electron chi connectivity index (χ0n) is 10.7. The first-order valence-corrected chi connectivity index (χ1v) is 7.70. The largest absolute Gasteiger partial charge is 0.330 e. The molecule has 0 aliphatic heterocycles. The van der Waals surface area contributed by atoms with E-state index in [1.165, 1.54) is 0 Å². The highest BCUT2D eigenvalue weighted by atomic mass is 32.2. The van der Waals surface area contributed by atoms with E-state index in [-0.39, 0.29) is 5.75 Å². The molecule has 0 aromatic carbocycles. The molecular weight excluding hydrogens is 224 g/mol. The Morgan fingerprint density at radius 1 is 1.19 bits per heavy atom. The van der Waals surface area contributed by atoms with E-state index >= 15 is 0 Å². The lowest BCUT2D eigenvalue weighted by Gasteiger charge is -2.10. The van der Waals surface area contributed by atoms with Gasteiger partial charge in [-0.2, -0.15) is 0 Å². The molecule has 5 heteroatoms. The molecule has 0 bridgehead atoms. The van der Waals surface area contributed by atoms with Gasteiger partial charge in [-0.3, -0.25) is 0 Å². The van der Waals surface area contributed by atoms with Crippen molar-refractivity contribution in [2.75, 3.05) is 18.8 Å². The quantitative estimate of drug-likeness (QED) is 0.606. The number of nitrogens with two attached hydrogens (primary N) is 1. The molecule has 0 aliphatic carbocycles. The van der Waals surface area contributed by atoms with Gasteiger partial charge in [-0.05, 0) is 37.6 Å². The summed E-state index contributed by atoms with van der Waals surface area (Å²) in [6.45, 7) is 7.33. The van der Waals surface area contributed by atoms with Gasteiger partial charge in [0.1, 0.15) is 0 Å². The third-order valence-corrected chi connectivity index (χ3v) is 3.98. The summed E-state index contributed by atoms with van der Waals surface area (Å²) in [5.74, 6) is 1.13. The van der Waals surface area contributed by atoms with Crippen LogP contribution in [0.25, 0.3) is 0 Å². The average molecular weight is 250 g/mol. The first-order chi connectivity index (χ1) is 7.37. The van der Waals surface area contributed by atoms with Crippen LogP contribution in [0.5, 0.6) is 0 Å². The second-order valence-electron chi connectivity index (χ2n) is 4.88. The van der Waals surface area contributed by atoms with Crippen LogP contribution >= 0.6 is 0 Å². The molecule has 0 saturated heterocycles. The number of hydrogen-bond acceptors (Lipinski definition) is 3. The lowest BCUT2D eigenvalue weighted by atomic mass is 10.1. The molecule has 0 spiro atoms. The van der Waals surface area contributed by atoms with E-state index < -0.39 is 10.0 Å². The summed E-state index contributed by atoms with van der Waals surface area (Å²) in [7, 11) is -3.06. The fourth-order valence-corrected chi connectivity index (χ4v) is 2.64. The van der Waals surface area contributed by atoms with Gasteiger partial charge in [0.05, 0.1) is 5.75 Å². The summed E-state index contributed by atoms with van der Waals surface area (Å²) >= 11 is 0. The van der Waals surface area contributed by atoms with Crippen LogP contribution < -0.4 is 10.5 Å². The lowest BCUT2D eigenvalue weighted by Crippen LogP contribution is -2.28. The van der Waals surface area contributed by atoms with Crippen LogP contribution in [0.4, 0.5) is 0 Å². The van der Waals surface area contributed by atoms with Gasteiger partial charge in [-0.1, -0.05) is 20.8 Å². The Hall–Kier alpha value is -0.130. The summed E-state index contributed by atoms with van der Waals surface area (Å²) in [6, 6.07) is 0. The Kier molecular flexibility index (Phi) is 7.97. The van der Waals surface area contributed by atoms with Crippen molar-refractivity contribution >= 4 is 10.0 Å². The van der Waals surface area contributed by atoms with Crippen molar-refractivity contribution in [3.05, 3.63) is 0 Å².